The predicted octanol–water partition coefficient (Wildman–Crippen LogP) is 6.71. The Kier molecular flexibility index (Phi) is 9.24. The summed E-state index contributed by atoms with van der Waals surface area (Å²) in [6.45, 7) is 8.08. The molecule has 0 radical (unpaired) electrons. The summed E-state index contributed by atoms with van der Waals surface area (Å²) < 4.78 is 40.4. The standard InChI is InChI=1S/C33H42O8/c1-19-20(2)31(40-30(19)21-10-13-24(35-5)27(16-21)37-7)22-11-15-26(29(17-22)39-9)41-33(3,4)32(34)23-12-14-25(36-6)28(18-23)38-8/h10-20,30-32,34H,1-9H3/t19-,20-,30+,31+,32?/m0/s1. The Morgan fingerprint density at radius 2 is 1.02 bits per heavy atom. The van der Waals surface area contributed by atoms with Crippen molar-refractivity contribution in [3.8, 4) is 34.5 Å². The van der Waals surface area contributed by atoms with Gasteiger partial charge in [-0.1, -0.05) is 32.0 Å². The number of hydrogen-bond donors (Lipinski definition) is 1. The summed E-state index contributed by atoms with van der Waals surface area (Å²) in [5.74, 6) is 4.08. The van der Waals surface area contributed by atoms with Crippen LogP contribution in [0.5, 0.6) is 34.5 Å². The van der Waals surface area contributed by atoms with Gasteiger partial charge in [-0.05, 0) is 78.8 Å². The lowest BCUT2D eigenvalue weighted by Gasteiger charge is -2.33. The molecule has 1 heterocycles. The molecule has 3 aromatic carbocycles. The first kappa shape index (κ1) is 30.3. The van der Waals surface area contributed by atoms with Crippen LogP contribution in [0.3, 0.4) is 0 Å². The Bertz CT molecular complexity index is 1340. The highest BCUT2D eigenvalue weighted by atomic mass is 16.5. The Balaban J connectivity index is 1.56. The van der Waals surface area contributed by atoms with E-state index in [2.05, 4.69) is 13.8 Å². The van der Waals surface area contributed by atoms with Crippen LogP contribution in [0.2, 0.25) is 0 Å². The second-order valence-corrected chi connectivity index (χ2v) is 10.9. The van der Waals surface area contributed by atoms with Gasteiger partial charge in [0, 0.05) is 0 Å². The molecule has 1 fully saturated rings. The second kappa shape index (κ2) is 12.5. The lowest BCUT2D eigenvalue weighted by molar-refractivity contribution is -0.0315. The van der Waals surface area contributed by atoms with Crippen molar-refractivity contribution in [1.29, 1.82) is 0 Å². The highest BCUT2D eigenvalue weighted by Crippen LogP contribution is 2.51. The molecule has 0 aliphatic carbocycles. The SMILES string of the molecule is COc1ccc(C(O)C(C)(C)Oc2ccc([C@@H]3O[C@@H](c4ccc(OC)c(OC)c4)[C@@H](C)[C@@H]3C)cc2OC)cc1OC. The number of aliphatic hydroxyl groups is 1. The van der Waals surface area contributed by atoms with Crippen molar-refractivity contribution in [2.75, 3.05) is 35.5 Å². The molecular formula is C33H42O8. The minimum Gasteiger partial charge on any atom is -0.493 e. The first-order chi connectivity index (χ1) is 19.6. The van der Waals surface area contributed by atoms with Gasteiger partial charge in [0.1, 0.15) is 11.7 Å². The third-order valence-corrected chi connectivity index (χ3v) is 8.08. The Morgan fingerprint density at radius 1 is 0.610 bits per heavy atom. The zero-order chi connectivity index (χ0) is 29.9. The molecule has 1 unspecified atom stereocenters. The fourth-order valence-electron chi connectivity index (χ4n) is 5.46. The van der Waals surface area contributed by atoms with Gasteiger partial charge in [0.2, 0.25) is 0 Å². The van der Waals surface area contributed by atoms with Crippen LogP contribution in [0, 0.1) is 11.8 Å². The second-order valence-electron chi connectivity index (χ2n) is 10.9. The van der Waals surface area contributed by atoms with E-state index < -0.39 is 11.7 Å². The fourth-order valence-corrected chi connectivity index (χ4v) is 5.46. The maximum absolute atomic E-state index is 11.3. The first-order valence-electron chi connectivity index (χ1n) is 13.7. The molecule has 4 rings (SSSR count). The van der Waals surface area contributed by atoms with Crippen LogP contribution in [0.25, 0.3) is 0 Å². The molecule has 1 N–H and O–H groups in total. The van der Waals surface area contributed by atoms with Gasteiger partial charge in [-0.25, -0.2) is 0 Å². The van der Waals surface area contributed by atoms with Gasteiger partial charge in [-0.3, -0.25) is 0 Å². The lowest BCUT2D eigenvalue weighted by Crippen LogP contribution is -2.36. The molecule has 41 heavy (non-hydrogen) atoms. The van der Waals surface area contributed by atoms with Crippen LogP contribution in [0.1, 0.15) is 62.7 Å². The van der Waals surface area contributed by atoms with Crippen molar-refractivity contribution in [3.05, 3.63) is 71.3 Å². The Hall–Kier alpha value is -3.62. The number of methoxy groups -OCH3 is 5. The molecule has 8 nitrogen and oxygen atoms in total. The smallest absolute Gasteiger partial charge is 0.162 e. The molecule has 8 heteroatoms. The number of rotatable bonds is 11. The van der Waals surface area contributed by atoms with Crippen LogP contribution in [0.4, 0.5) is 0 Å². The van der Waals surface area contributed by atoms with E-state index >= 15 is 0 Å². The average molecular weight is 567 g/mol. The molecule has 3 aromatic rings. The highest BCUT2D eigenvalue weighted by molar-refractivity contribution is 5.47. The third-order valence-electron chi connectivity index (χ3n) is 8.08. The van der Waals surface area contributed by atoms with Crippen LogP contribution >= 0.6 is 0 Å². The Labute approximate surface area is 243 Å². The van der Waals surface area contributed by atoms with E-state index in [0.717, 1.165) is 11.1 Å². The van der Waals surface area contributed by atoms with Gasteiger partial charge in [-0.2, -0.15) is 0 Å². The molecule has 1 aliphatic rings. The van der Waals surface area contributed by atoms with Gasteiger partial charge in [0.15, 0.2) is 34.5 Å². The summed E-state index contributed by atoms with van der Waals surface area (Å²) in [5.41, 5.74) is 1.70. The van der Waals surface area contributed by atoms with Crippen molar-refractivity contribution >= 4 is 0 Å². The lowest BCUT2D eigenvalue weighted by atomic mass is 9.85. The molecule has 1 saturated heterocycles. The summed E-state index contributed by atoms with van der Waals surface area (Å²) in [7, 11) is 8.01. The van der Waals surface area contributed by atoms with Gasteiger partial charge >= 0.3 is 0 Å². The van der Waals surface area contributed by atoms with Crippen LogP contribution in [-0.4, -0.2) is 46.3 Å². The molecule has 0 spiro atoms. The van der Waals surface area contributed by atoms with E-state index in [0.29, 0.717) is 40.1 Å². The largest absolute Gasteiger partial charge is 0.493 e. The van der Waals surface area contributed by atoms with Gasteiger partial charge < -0.3 is 38.3 Å². The zero-order valence-electron chi connectivity index (χ0n) is 25.4. The van der Waals surface area contributed by atoms with Gasteiger partial charge in [0.05, 0.1) is 47.8 Å². The number of hydrogen-bond acceptors (Lipinski definition) is 8. The van der Waals surface area contributed by atoms with E-state index in [1.807, 2.05) is 50.2 Å². The maximum atomic E-state index is 11.3. The normalized spacial score (nSPS) is 21.2. The summed E-state index contributed by atoms with van der Waals surface area (Å²) in [4.78, 5) is 0. The number of ether oxygens (including phenoxy) is 7. The monoisotopic (exact) mass is 566 g/mol. The summed E-state index contributed by atoms with van der Waals surface area (Å²) in [6.07, 6.45) is -1.20. The summed E-state index contributed by atoms with van der Waals surface area (Å²) in [5, 5.41) is 11.3. The van der Waals surface area contributed by atoms with E-state index in [1.165, 1.54) is 0 Å². The van der Waals surface area contributed by atoms with Crippen LogP contribution in [-0.2, 0) is 4.74 Å². The molecule has 5 atom stereocenters. The molecule has 0 bridgehead atoms. The maximum Gasteiger partial charge on any atom is 0.162 e. The zero-order valence-corrected chi connectivity index (χ0v) is 25.4. The number of aliphatic hydroxyl groups excluding tert-OH is 1. The van der Waals surface area contributed by atoms with E-state index in [-0.39, 0.29) is 24.0 Å². The molecule has 0 aromatic heterocycles. The first-order valence-corrected chi connectivity index (χ1v) is 13.7. The van der Waals surface area contributed by atoms with Gasteiger partial charge in [0.25, 0.3) is 0 Å². The van der Waals surface area contributed by atoms with Crippen molar-refractivity contribution < 1.29 is 38.3 Å². The fraction of sp³-hybridized carbons (Fsp3) is 0.455. The Morgan fingerprint density at radius 3 is 1.51 bits per heavy atom. The molecular weight excluding hydrogens is 524 g/mol. The third kappa shape index (κ3) is 6.04. The number of benzene rings is 3. The van der Waals surface area contributed by atoms with Crippen molar-refractivity contribution in [2.24, 2.45) is 11.8 Å². The molecule has 0 amide bonds. The van der Waals surface area contributed by atoms with E-state index in [9.17, 15) is 5.11 Å². The summed E-state index contributed by atoms with van der Waals surface area (Å²) >= 11 is 0. The topological polar surface area (TPSA) is 84.8 Å². The van der Waals surface area contributed by atoms with Crippen LogP contribution < -0.4 is 28.4 Å². The predicted molar refractivity (Wildman–Crippen MR) is 157 cm³/mol. The van der Waals surface area contributed by atoms with E-state index in [4.69, 9.17) is 33.2 Å². The minimum atomic E-state index is -0.988. The van der Waals surface area contributed by atoms with Crippen LogP contribution in [0.15, 0.2) is 54.6 Å². The molecule has 222 valence electrons. The van der Waals surface area contributed by atoms with Gasteiger partial charge in [-0.15, -0.1) is 0 Å². The average Bonchev–Trinajstić information content (AvgIpc) is 3.29. The van der Waals surface area contributed by atoms with E-state index in [1.54, 1.807) is 53.7 Å². The highest BCUT2D eigenvalue weighted by Gasteiger charge is 2.41. The van der Waals surface area contributed by atoms with Crippen molar-refractivity contribution in [2.45, 2.75) is 51.6 Å². The quantitative estimate of drug-likeness (QED) is 0.274. The molecule has 0 saturated carbocycles. The summed E-state index contributed by atoms with van der Waals surface area (Å²) in [6, 6.07) is 17.1. The van der Waals surface area contributed by atoms with Crippen molar-refractivity contribution in [3.63, 3.8) is 0 Å². The molecule has 1 aliphatic heterocycles. The van der Waals surface area contributed by atoms with Crippen molar-refractivity contribution in [1.82, 2.24) is 0 Å². The minimum absolute atomic E-state index is 0.104.